The fourth-order valence-electron chi connectivity index (χ4n) is 2.83. The molecule has 0 aromatic heterocycles. The first-order chi connectivity index (χ1) is 9.51. The van der Waals surface area contributed by atoms with Gasteiger partial charge in [-0.05, 0) is 55.7 Å². The zero-order valence-electron chi connectivity index (χ0n) is 12.9. The predicted octanol–water partition coefficient (Wildman–Crippen LogP) is 3.95. The summed E-state index contributed by atoms with van der Waals surface area (Å²) in [6.45, 7) is 6.37. The summed E-state index contributed by atoms with van der Waals surface area (Å²) in [5, 5.41) is 9.62. The van der Waals surface area contributed by atoms with Crippen LogP contribution in [0.1, 0.15) is 51.7 Å². The molecular formula is C17H26O3. The van der Waals surface area contributed by atoms with Crippen LogP contribution in [-0.2, 0) is 0 Å². The Balaban J connectivity index is 2.09. The van der Waals surface area contributed by atoms with Crippen molar-refractivity contribution in [3.63, 3.8) is 0 Å². The van der Waals surface area contributed by atoms with Crippen molar-refractivity contribution in [2.75, 3.05) is 7.11 Å². The molecule has 1 fully saturated rings. The van der Waals surface area contributed by atoms with Crippen molar-refractivity contribution in [2.45, 2.75) is 52.2 Å². The van der Waals surface area contributed by atoms with E-state index in [2.05, 4.69) is 13.8 Å². The smallest absolute Gasteiger partial charge is 0.161 e. The SMILES string of the molecule is COc1cc([C@H](C)O)ccc1OC1CCC(C)C(C)C1. The maximum Gasteiger partial charge on any atom is 0.161 e. The van der Waals surface area contributed by atoms with E-state index >= 15 is 0 Å². The summed E-state index contributed by atoms with van der Waals surface area (Å²) in [4.78, 5) is 0. The van der Waals surface area contributed by atoms with Crippen LogP contribution in [0.3, 0.4) is 0 Å². The van der Waals surface area contributed by atoms with Crippen molar-refractivity contribution >= 4 is 0 Å². The molecule has 3 nitrogen and oxygen atoms in total. The Morgan fingerprint density at radius 1 is 1.15 bits per heavy atom. The molecule has 0 radical (unpaired) electrons. The molecule has 0 bridgehead atoms. The van der Waals surface area contributed by atoms with Gasteiger partial charge in [-0.1, -0.05) is 19.9 Å². The zero-order valence-corrected chi connectivity index (χ0v) is 12.9. The van der Waals surface area contributed by atoms with Gasteiger partial charge in [-0.2, -0.15) is 0 Å². The molecule has 1 aliphatic carbocycles. The number of aliphatic hydroxyl groups is 1. The van der Waals surface area contributed by atoms with Crippen LogP contribution in [0.5, 0.6) is 11.5 Å². The molecule has 1 aromatic rings. The molecular weight excluding hydrogens is 252 g/mol. The molecule has 0 aliphatic heterocycles. The molecule has 1 N–H and O–H groups in total. The normalized spacial score (nSPS) is 27.9. The third-order valence-corrected chi connectivity index (χ3v) is 4.51. The summed E-state index contributed by atoms with van der Waals surface area (Å²) in [6.07, 6.45) is 3.20. The second-order valence-electron chi connectivity index (χ2n) is 6.09. The summed E-state index contributed by atoms with van der Waals surface area (Å²) >= 11 is 0. The van der Waals surface area contributed by atoms with Gasteiger partial charge in [0, 0.05) is 0 Å². The second-order valence-corrected chi connectivity index (χ2v) is 6.09. The Morgan fingerprint density at radius 3 is 2.50 bits per heavy atom. The van der Waals surface area contributed by atoms with Gasteiger partial charge in [0.15, 0.2) is 11.5 Å². The average molecular weight is 278 g/mol. The molecule has 4 atom stereocenters. The number of hydrogen-bond acceptors (Lipinski definition) is 3. The van der Waals surface area contributed by atoms with E-state index < -0.39 is 6.10 Å². The average Bonchev–Trinajstić information content (AvgIpc) is 2.43. The fraction of sp³-hybridized carbons (Fsp3) is 0.647. The Bertz CT molecular complexity index is 442. The van der Waals surface area contributed by atoms with Crippen molar-refractivity contribution < 1.29 is 14.6 Å². The third-order valence-electron chi connectivity index (χ3n) is 4.51. The van der Waals surface area contributed by atoms with Crippen LogP contribution in [-0.4, -0.2) is 18.3 Å². The highest BCUT2D eigenvalue weighted by Crippen LogP contribution is 2.36. The molecule has 3 heteroatoms. The lowest BCUT2D eigenvalue weighted by molar-refractivity contribution is 0.0975. The first-order valence-electron chi connectivity index (χ1n) is 7.54. The van der Waals surface area contributed by atoms with Crippen LogP contribution in [0.15, 0.2) is 18.2 Å². The third kappa shape index (κ3) is 3.45. The summed E-state index contributed by atoms with van der Waals surface area (Å²) in [5.41, 5.74) is 0.847. The van der Waals surface area contributed by atoms with Gasteiger partial charge in [0.1, 0.15) is 0 Å². The Hall–Kier alpha value is -1.22. The molecule has 0 saturated heterocycles. The standard InChI is InChI=1S/C17H26O3/c1-11-5-7-15(9-12(11)2)20-16-8-6-14(13(3)18)10-17(16)19-4/h6,8,10-13,15,18H,5,7,9H2,1-4H3/t11?,12?,13-,15?/m0/s1. The number of methoxy groups -OCH3 is 1. The Morgan fingerprint density at radius 2 is 1.90 bits per heavy atom. The molecule has 3 unspecified atom stereocenters. The van der Waals surface area contributed by atoms with E-state index in [0.29, 0.717) is 11.7 Å². The maximum absolute atomic E-state index is 9.62. The fourth-order valence-corrected chi connectivity index (χ4v) is 2.83. The maximum atomic E-state index is 9.62. The van der Waals surface area contributed by atoms with Crippen LogP contribution in [0.4, 0.5) is 0 Å². The highest BCUT2D eigenvalue weighted by molar-refractivity contribution is 5.43. The van der Waals surface area contributed by atoms with E-state index in [9.17, 15) is 5.11 Å². The number of aliphatic hydroxyl groups excluding tert-OH is 1. The van der Waals surface area contributed by atoms with Gasteiger partial charge in [0.2, 0.25) is 0 Å². The van der Waals surface area contributed by atoms with E-state index in [1.807, 2.05) is 18.2 Å². The van der Waals surface area contributed by atoms with Crippen molar-refractivity contribution in [3.8, 4) is 11.5 Å². The first kappa shape index (κ1) is 15.2. The van der Waals surface area contributed by atoms with Crippen molar-refractivity contribution in [3.05, 3.63) is 23.8 Å². The van der Waals surface area contributed by atoms with Crippen LogP contribution in [0.25, 0.3) is 0 Å². The number of hydrogen-bond donors (Lipinski definition) is 1. The lowest BCUT2D eigenvalue weighted by Crippen LogP contribution is -2.28. The first-order valence-corrected chi connectivity index (χ1v) is 7.54. The van der Waals surface area contributed by atoms with Gasteiger partial charge in [0.05, 0.1) is 19.3 Å². The van der Waals surface area contributed by atoms with Gasteiger partial charge in [0.25, 0.3) is 0 Å². The minimum Gasteiger partial charge on any atom is -0.493 e. The lowest BCUT2D eigenvalue weighted by atomic mass is 9.80. The monoisotopic (exact) mass is 278 g/mol. The summed E-state index contributed by atoms with van der Waals surface area (Å²) in [7, 11) is 1.64. The minimum absolute atomic E-state index is 0.271. The van der Waals surface area contributed by atoms with Crippen LogP contribution in [0, 0.1) is 11.8 Å². The summed E-state index contributed by atoms with van der Waals surface area (Å²) in [6, 6.07) is 5.66. The van der Waals surface area contributed by atoms with Crippen LogP contribution in [0.2, 0.25) is 0 Å². The number of rotatable bonds is 4. The van der Waals surface area contributed by atoms with Crippen LogP contribution < -0.4 is 9.47 Å². The molecule has 0 amide bonds. The van der Waals surface area contributed by atoms with Crippen molar-refractivity contribution in [1.29, 1.82) is 0 Å². The van der Waals surface area contributed by atoms with Crippen molar-refractivity contribution in [1.82, 2.24) is 0 Å². The van der Waals surface area contributed by atoms with E-state index in [0.717, 1.165) is 30.1 Å². The van der Waals surface area contributed by atoms with Crippen molar-refractivity contribution in [2.24, 2.45) is 11.8 Å². The van der Waals surface area contributed by atoms with Gasteiger partial charge in [-0.15, -0.1) is 0 Å². The zero-order chi connectivity index (χ0) is 14.7. The Kier molecular flexibility index (Phi) is 4.92. The minimum atomic E-state index is -0.492. The van der Waals surface area contributed by atoms with E-state index in [-0.39, 0.29) is 6.10 Å². The van der Waals surface area contributed by atoms with E-state index in [4.69, 9.17) is 9.47 Å². The molecule has 0 heterocycles. The van der Waals surface area contributed by atoms with Gasteiger partial charge >= 0.3 is 0 Å². The summed E-state index contributed by atoms with van der Waals surface area (Å²) in [5.74, 6) is 2.98. The predicted molar refractivity (Wildman–Crippen MR) is 80.2 cm³/mol. The van der Waals surface area contributed by atoms with Gasteiger partial charge < -0.3 is 14.6 Å². The van der Waals surface area contributed by atoms with Gasteiger partial charge in [-0.3, -0.25) is 0 Å². The Labute approximate surface area is 121 Å². The second kappa shape index (κ2) is 6.49. The van der Waals surface area contributed by atoms with Crippen LogP contribution >= 0.6 is 0 Å². The summed E-state index contributed by atoms with van der Waals surface area (Å²) < 4.78 is 11.5. The van der Waals surface area contributed by atoms with E-state index in [1.54, 1.807) is 14.0 Å². The largest absolute Gasteiger partial charge is 0.493 e. The highest BCUT2D eigenvalue weighted by atomic mass is 16.5. The number of ether oxygens (including phenoxy) is 2. The highest BCUT2D eigenvalue weighted by Gasteiger charge is 2.26. The molecule has 1 saturated carbocycles. The number of benzene rings is 1. The molecule has 0 spiro atoms. The lowest BCUT2D eigenvalue weighted by Gasteiger charge is -2.32. The molecule has 1 aliphatic rings. The molecule has 2 rings (SSSR count). The molecule has 112 valence electrons. The quantitative estimate of drug-likeness (QED) is 0.906. The molecule has 20 heavy (non-hydrogen) atoms. The van der Waals surface area contributed by atoms with Gasteiger partial charge in [-0.25, -0.2) is 0 Å². The molecule has 1 aromatic carbocycles. The topological polar surface area (TPSA) is 38.7 Å². The van der Waals surface area contributed by atoms with E-state index in [1.165, 1.54) is 6.42 Å².